The van der Waals surface area contributed by atoms with Crippen molar-refractivity contribution in [3.63, 3.8) is 0 Å². The largest absolute Gasteiger partial charge is 0.457 e. The highest BCUT2D eigenvalue weighted by Crippen LogP contribution is 2.19. The summed E-state index contributed by atoms with van der Waals surface area (Å²) in [5.74, 6) is -1.54. The molecular weight excluding hydrogens is 338 g/mol. The summed E-state index contributed by atoms with van der Waals surface area (Å²) in [6.07, 6.45) is 5.95. The molecule has 1 atom stereocenters. The number of nitrogens with zero attached hydrogens (tertiary/aromatic N) is 2. The minimum Gasteiger partial charge on any atom is -0.457 e. The first kappa shape index (κ1) is 19.7. The van der Waals surface area contributed by atoms with E-state index in [2.05, 4.69) is 0 Å². The van der Waals surface area contributed by atoms with Crippen LogP contribution in [0.15, 0.2) is 21.7 Å². The number of aromatic nitrogens is 2. The van der Waals surface area contributed by atoms with E-state index in [4.69, 9.17) is 10.5 Å². The third-order valence-corrected chi connectivity index (χ3v) is 4.36. The Morgan fingerprint density at radius 3 is 2.58 bits per heavy atom. The van der Waals surface area contributed by atoms with Gasteiger partial charge in [-0.15, -0.1) is 0 Å². The minimum atomic E-state index is -0.783. The van der Waals surface area contributed by atoms with Gasteiger partial charge in [-0.3, -0.25) is 23.5 Å². The number of ketones is 1. The van der Waals surface area contributed by atoms with Crippen molar-refractivity contribution in [2.24, 2.45) is 18.9 Å². The number of esters is 1. The molecule has 142 valence electrons. The van der Waals surface area contributed by atoms with E-state index in [0.717, 1.165) is 11.0 Å². The maximum atomic E-state index is 12.5. The van der Waals surface area contributed by atoms with Gasteiger partial charge in [0.1, 0.15) is 11.4 Å². The zero-order valence-electron chi connectivity index (χ0n) is 15.4. The number of anilines is 1. The second kappa shape index (κ2) is 8.16. The van der Waals surface area contributed by atoms with Crippen LogP contribution in [-0.2, 0) is 23.1 Å². The molecule has 0 aliphatic heterocycles. The predicted molar refractivity (Wildman–Crippen MR) is 97.0 cm³/mol. The molecule has 0 radical (unpaired) electrons. The molecule has 0 saturated carbocycles. The third-order valence-electron chi connectivity index (χ3n) is 4.36. The average Bonchev–Trinajstić information content (AvgIpc) is 2.62. The first-order valence-electron chi connectivity index (χ1n) is 8.68. The summed E-state index contributed by atoms with van der Waals surface area (Å²) >= 11 is 0. The topological polar surface area (TPSA) is 113 Å². The van der Waals surface area contributed by atoms with Gasteiger partial charge >= 0.3 is 11.7 Å². The second-order valence-electron chi connectivity index (χ2n) is 6.92. The Bertz CT molecular complexity index is 848. The summed E-state index contributed by atoms with van der Waals surface area (Å²) < 4.78 is 7.13. The van der Waals surface area contributed by atoms with Crippen molar-refractivity contribution in [2.75, 3.05) is 12.3 Å². The van der Waals surface area contributed by atoms with Crippen LogP contribution in [0.25, 0.3) is 0 Å². The molecule has 1 aromatic rings. The lowest BCUT2D eigenvalue weighted by Gasteiger charge is -2.17. The molecule has 1 unspecified atom stereocenters. The highest BCUT2D eigenvalue weighted by Gasteiger charge is 2.25. The average molecular weight is 363 g/mol. The highest BCUT2D eigenvalue weighted by molar-refractivity contribution is 6.01. The van der Waals surface area contributed by atoms with Gasteiger partial charge in [-0.1, -0.05) is 26.0 Å². The van der Waals surface area contributed by atoms with Gasteiger partial charge in [-0.05, 0) is 25.2 Å². The third kappa shape index (κ3) is 4.12. The van der Waals surface area contributed by atoms with E-state index in [1.807, 2.05) is 26.0 Å². The van der Waals surface area contributed by atoms with Crippen LogP contribution in [-0.4, -0.2) is 27.5 Å². The van der Waals surface area contributed by atoms with Gasteiger partial charge in [-0.2, -0.15) is 0 Å². The van der Waals surface area contributed by atoms with E-state index in [0.29, 0.717) is 12.8 Å². The molecule has 2 rings (SSSR count). The molecule has 1 aliphatic rings. The lowest BCUT2D eigenvalue weighted by atomic mass is 9.95. The number of rotatable bonds is 6. The zero-order chi connectivity index (χ0) is 19.4. The Morgan fingerprint density at radius 1 is 1.31 bits per heavy atom. The van der Waals surface area contributed by atoms with Crippen molar-refractivity contribution in [2.45, 2.75) is 39.7 Å². The number of hydrogen-bond acceptors (Lipinski definition) is 6. The molecule has 1 heterocycles. The molecule has 8 nitrogen and oxygen atoms in total. The van der Waals surface area contributed by atoms with Crippen molar-refractivity contribution >= 4 is 17.6 Å². The maximum Gasteiger partial charge on any atom is 0.332 e. The van der Waals surface area contributed by atoms with Crippen molar-refractivity contribution in [3.8, 4) is 0 Å². The zero-order valence-corrected chi connectivity index (χ0v) is 15.4. The van der Waals surface area contributed by atoms with Crippen molar-refractivity contribution in [1.82, 2.24) is 9.13 Å². The smallest absolute Gasteiger partial charge is 0.332 e. The molecule has 2 N–H and O–H groups in total. The van der Waals surface area contributed by atoms with Crippen LogP contribution < -0.4 is 17.0 Å². The molecule has 26 heavy (non-hydrogen) atoms. The van der Waals surface area contributed by atoms with E-state index >= 15 is 0 Å². The molecule has 0 fully saturated rings. The quantitative estimate of drug-likeness (QED) is 0.456. The van der Waals surface area contributed by atoms with Gasteiger partial charge in [0.25, 0.3) is 5.56 Å². The Hall–Kier alpha value is -2.64. The standard InChI is InChI=1S/C18H25N3O5/c1-11(2)9-21-15(19)14(16(23)20(3)18(21)25)13(22)10-26-17(24)12-7-5-4-6-8-12/h4-5,11-12H,6-10,19H2,1-3H3. The Kier molecular flexibility index (Phi) is 6.18. The van der Waals surface area contributed by atoms with Crippen LogP contribution >= 0.6 is 0 Å². The fourth-order valence-electron chi connectivity index (χ4n) is 2.92. The van der Waals surface area contributed by atoms with E-state index in [-0.39, 0.29) is 29.8 Å². The first-order valence-corrected chi connectivity index (χ1v) is 8.68. The van der Waals surface area contributed by atoms with Gasteiger partial charge in [0.15, 0.2) is 6.61 Å². The van der Waals surface area contributed by atoms with Crippen molar-refractivity contribution in [1.29, 1.82) is 0 Å². The van der Waals surface area contributed by atoms with Crippen LogP contribution in [0, 0.1) is 11.8 Å². The van der Waals surface area contributed by atoms with Crippen LogP contribution in [0.1, 0.15) is 43.5 Å². The van der Waals surface area contributed by atoms with Gasteiger partial charge < -0.3 is 10.5 Å². The first-order chi connectivity index (χ1) is 12.2. The van der Waals surface area contributed by atoms with Gasteiger partial charge in [0, 0.05) is 13.6 Å². The number of nitrogen functional groups attached to an aromatic ring is 1. The molecule has 0 spiro atoms. The summed E-state index contributed by atoms with van der Waals surface area (Å²) in [5.41, 5.74) is 4.25. The Balaban J connectivity index is 2.24. The summed E-state index contributed by atoms with van der Waals surface area (Å²) in [6.45, 7) is 3.48. The van der Waals surface area contributed by atoms with Crippen molar-refractivity contribution < 1.29 is 14.3 Å². The Labute approximate surface area is 151 Å². The van der Waals surface area contributed by atoms with Crippen LogP contribution in [0.5, 0.6) is 0 Å². The number of Topliss-reactive ketones (excluding diaryl/α,β-unsaturated/α-hetero) is 1. The number of hydrogen-bond donors (Lipinski definition) is 1. The molecule has 0 bridgehead atoms. The van der Waals surface area contributed by atoms with Crippen LogP contribution in [0.3, 0.4) is 0 Å². The molecule has 0 saturated heterocycles. The highest BCUT2D eigenvalue weighted by atomic mass is 16.5. The SMILES string of the molecule is CC(C)Cn1c(N)c(C(=O)COC(=O)C2CC=CCC2)c(=O)n(C)c1=O. The summed E-state index contributed by atoms with van der Waals surface area (Å²) in [7, 11) is 1.29. The normalized spacial score (nSPS) is 16.7. The maximum absolute atomic E-state index is 12.5. The monoisotopic (exact) mass is 363 g/mol. The second-order valence-corrected chi connectivity index (χ2v) is 6.92. The Morgan fingerprint density at radius 2 is 2.00 bits per heavy atom. The lowest BCUT2D eigenvalue weighted by Crippen LogP contribution is -2.43. The van der Waals surface area contributed by atoms with Gasteiger partial charge in [-0.25, -0.2) is 4.79 Å². The van der Waals surface area contributed by atoms with Crippen LogP contribution in [0.4, 0.5) is 5.82 Å². The fourth-order valence-corrected chi connectivity index (χ4v) is 2.92. The van der Waals surface area contributed by atoms with Gasteiger partial charge in [0.2, 0.25) is 5.78 Å². The van der Waals surface area contributed by atoms with Gasteiger partial charge in [0.05, 0.1) is 5.92 Å². The van der Waals surface area contributed by atoms with E-state index < -0.39 is 29.6 Å². The summed E-state index contributed by atoms with van der Waals surface area (Å²) in [4.78, 5) is 49.1. The van der Waals surface area contributed by atoms with E-state index in [1.165, 1.54) is 11.6 Å². The molecule has 0 aromatic carbocycles. The fraction of sp³-hybridized carbons (Fsp3) is 0.556. The van der Waals surface area contributed by atoms with E-state index in [1.54, 1.807) is 0 Å². The number of nitrogens with two attached hydrogens (primary N) is 1. The summed E-state index contributed by atoms with van der Waals surface area (Å²) in [6, 6.07) is 0. The molecule has 1 aliphatic carbocycles. The molecule has 8 heteroatoms. The molecular formula is C18H25N3O5. The molecule has 0 amide bonds. The number of allylic oxidation sites excluding steroid dienone is 2. The predicted octanol–water partition coefficient (Wildman–Crippen LogP) is 0.867. The lowest BCUT2D eigenvalue weighted by molar-refractivity contribution is -0.147. The minimum absolute atomic E-state index is 0.0904. The van der Waals surface area contributed by atoms with Crippen LogP contribution in [0.2, 0.25) is 0 Å². The van der Waals surface area contributed by atoms with Crippen molar-refractivity contribution in [3.05, 3.63) is 38.6 Å². The van der Waals surface area contributed by atoms with E-state index in [9.17, 15) is 19.2 Å². The number of carbonyl (C=O) groups excluding carboxylic acids is 2. The number of carbonyl (C=O) groups is 2. The summed E-state index contributed by atoms with van der Waals surface area (Å²) in [5, 5.41) is 0. The molecule has 1 aromatic heterocycles. The number of ether oxygens (including phenoxy) is 1.